The van der Waals surface area contributed by atoms with Gasteiger partial charge in [0.1, 0.15) is 11.6 Å². The van der Waals surface area contributed by atoms with Crippen molar-refractivity contribution in [3.8, 4) is 5.75 Å². The summed E-state index contributed by atoms with van der Waals surface area (Å²) in [6, 6.07) is 4.39. The van der Waals surface area contributed by atoms with Crippen molar-refractivity contribution in [2.24, 2.45) is 5.92 Å². The van der Waals surface area contributed by atoms with Crippen LogP contribution in [0, 0.1) is 11.7 Å². The number of carboxylic acid groups (broad SMARTS) is 1. The number of carboxylic acids is 1. The van der Waals surface area contributed by atoms with E-state index >= 15 is 0 Å². The number of hydrogen-bond donors (Lipinski definition) is 1. The summed E-state index contributed by atoms with van der Waals surface area (Å²) in [6.45, 7) is 3.03. The molecule has 0 aromatic heterocycles. The van der Waals surface area contributed by atoms with Crippen LogP contribution in [0.1, 0.15) is 18.9 Å². The maximum atomic E-state index is 13.2. The van der Waals surface area contributed by atoms with Crippen LogP contribution in [0.15, 0.2) is 18.2 Å². The lowest BCUT2D eigenvalue weighted by molar-refractivity contribution is -0.138. The van der Waals surface area contributed by atoms with E-state index in [9.17, 15) is 9.18 Å². The fraction of sp³-hybridized carbons (Fsp3) is 0.500. The fourth-order valence-electron chi connectivity index (χ4n) is 2.12. The van der Waals surface area contributed by atoms with Gasteiger partial charge in [0.15, 0.2) is 0 Å². The molecule has 0 bridgehead atoms. The molecule has 0 aliphatic carbocycles. The first-order chi connectivity index (χ1) is 8.92. The normalized spacial score (nSPS) is 12.5. The Morgan fingerprint density at radius 1 is 1.53 bits per heavy atom. The summed E-state index contributed by atoms with van der Waals surface area (Å²) in [5.41, 5.74) is 0.757. The minimum absolute atomic E-state index is 0.0436. The SMILES string of the molecule is COc1ccc(F)cc1CN(C)CC(C)CC(=O)O. The van der Waals surface area contributed by atoms with Crippen LogP contribution in [0.2, 0.25) is 0 Å². The first-order valence-corrected chi connectivity index (χ1v) is 6.15. The predicted octanol–water partition coefficient (Wildman–Crippen LogP) is 2.38. The summed E-state index contributed by atoms with van der Waals surface area (Å²) in [5, 5.41) is 8.72. The highest BCUT2D eigenvalue weighted by atomic mass is 19.1. The Kier molecular flexibility index (Phi) is 5.76. The third-order valence-electron chi connectivity index (χ3n) is 2.83. The average molecular weight is 269 g/mol. The van der Waals surface area contributed by atoms with Crippen LogP contribution >= 0.6 is 0 Å². The maximum Gasteiger partial charge on any atom is 0.303 e. The lowest BCUT2D eigenvalue weighted by Gasteiger charge is -2.21. The molecule has 1 aromatic rings. The predicted molar refractivity (Wildman–Crippen MR) is 70.7 cm³/mol. The largest absolute Gasteiger partial charge is 0.496 e. The zero-order valence-corrected chi connectivity index (χ0v) is 11.5. The summed E-state index contributed by atoms with van der Waals surface area (Å²) in [4.78, 5) is 12.6. The summed E-state index contributed by atoms with van der Waals surface area (Å²) in [7, 11) is 3.42. The van der Waals surface area contributed by atoms with E-state index in [4.69, 9.17) is 9.84 Å². The van der Waals surface area contributed by atoms with Crippen molar-refractivity contribution in [3.63, 3.8) is 0 Å². The van der Waals surface area contributed by atoms with Gasteiger partial charge in [-0.25, -0.2) is 4.39 Å². The van der Waals surface area contributed by atoms with E-state index in [-0.39, 0.29) is 18.2 Å². The number of aliphatic carboxylic acids is 1. The Labute approximate surface area is 112 Å². The Morgan fingerprint density at radius 3 is 2.79 bits per heavy atom. The van der Waals surface area contributed by atoms with Crippen molar-refractivity contribution in [3.05, 3.63) is 29.6 Å². The maximum absolute atomic E-state index is 13.2. The van der Waals surface area contributed by atoms with E-state index in [0.717, 1.165) is 5.56 Å². The van der Waals surface area contributed by atoms with Gasteiger partial charge < -0.3 is 14.7 Å². The molecule has 4 nitrogen and oxygen atoms in total. The molecule has 1 unspecified atom stereocenters. The molecule has 1 N–H and O–H groups in total. The fourth-order valence-corrected chi connectivity index (χ4v) is 2.12. The molecular weight excluding hydrogens is 249 g/mol. The first kappa shape index (κ1) is 15.4. The van der Waals surface area contributed by atoms with Gasteiger partial charge in [-0.15, -0.1) is 0 Å². The quantitative estimate of drug-likeness (QED) is 0.825. The van der Waals surface area contributed by atoms with Crippen molar-refractivity contribution in [2.75, 3.05) is 20.7 Å². The van der Waals surface area contributed by atoms with Crippen LogP contribution in [0.3, 0.4) is 0 Å². The van der Waals surface area contributed by atoms with Crippen molar-refractivity contribution >= 4 is 5.97 Å². The van der Waals surface area contributed by atoms with Crippen LogP contribution in [0.5, 0.6) is 5.75 Å². The zero-order valence-electron chi connectivity index (χ0n) is 11.5. The molecule has 0 saturated carbocycles. The van der Waals surface area contributed by atoms with Crippen LogP contribution in [-0.4, -0.2) is 36.7 Å². The van der Waals surface area contributed by atoms with Crippen molar-refractivity contribution < 1.29 is 19.0 Å². The molecule has 106 valence electrons. The van der Waals surface area contributed by atoms with Crippen molar-refractivity contribution in [1.82, 2.24) is 4.90 Å². The van der Waals surface area contributed by atoms with Gasteiger partial charge in [0.25, 0.3) is 0 Å². The number of benzene rings is 1. The summed E-state index contributed by atoms with van der Waals surface area (Å²) in [6.07, 6.45) is 0.130. The van der Waals surface area contributed by atoms with Gasteiger partial charge >= 0.3 is 5.97 Å². The monoisotopic (exact) mass is 269 g/mol. The van der Waals surface area contributed by atoms with Crippen LogP contribution in [-0.2, 0) is 11.3 Å². The Bertz CT molecular complexity index is 437. The van der Waals surface area contributed by atoms with Crippen molar-refractivity contribution in [1.29, 1.82) is 0 Å². The molecule has 19 heavy (non-hydrogen) atoms. The minimum atomic E-state index is -0.802. The number of carbonyl (C=O) groups is 1. The number of hydrogen-bond acceptors (Lipinski definition) is 3. The second-order valence-electron chi connectivity index (χ2n) is 4.86. The van der Waals surface area contributed by atoms with E-state index < -0.39 is 5.97 Å². The number of halogens is 1. The molecule has 0 saturated heterocycles. The molecule has 0 radical (unpaired) electrons. The molecule has 1 aromatic carbocycles. The molecule has 0 fully saturated rings. The third-order valence-corrected chi connectivity index (χ3v) is 2.83. The van der Waals surface area contributed by atoms with Gasteiger partial charge in [0, 0.05) is 25.1 Å². The van der Waals surface area contributed by atoms with Crippen molar-refractivity contribution in [2.45, 2.75) is 19.9 Å². The number of rotatable bonds is 7. The topological polar surface area (TPSA) is 49.8 Å². The van der Waals surface area contributed by atoms with Gasteiger partial charge in [-0.3, -0.25) is 4.79 Å². The Balaban J connectivity index is 2.63. The van der Waals surface area contributed by atoms with Gasteiger partial charge in [-0.1, -0.05) is 6.92 Å². The summed E-state index contributed by atoms with van der Waals surface area (Å²) >= 11 is 0. The van der Waals surface area contributed by atoms with E-state index in [2.05, 4.69) is 0 Å². The molecule has 1 rings (SSSR count). The van der Waals surface area contributed by atoms with Gasteiger partial charge in [0.05, 0.1) is 7.11 Å². The van der Waals surface area contributed by atoms with Crippen LogP contribution < -0.4 is 4.74 Å². The molecular formula is C14H20FNO3. The average Bonchev–Trinajstić information content (AvgIpc) is 2.27. The minimum Gasteiger partial charge on any atom is -0.496 e. The molecule has 5 heteroatoms. The standard InChI is InChI=1S/C14H20FNO3/c1-10(6-14(17)18)8-16(2)9-11-7-12(15)4-5-13(11)19-3/h4-5,7,10H,6,8-9H2,1-3H3,(H,17,18). The van der Waals surface area contributed by atoms with Gasteiger partial charge in [-0.2, -0.15) is 0 Å². The molecule has 0 spiro atoms. The van der Waals surface area contributed by atoms with Crippen LogP contribution in [0.25, 0.3) is 0 Å². The lowest BCUT2D eigenvalue weighted by atomic mass is 10.1. The van der Waals surface area contributed by atoms with E-state index in [1.54, 1.807) is 13.2 Å². The van der Waals surface area contributed by atoms with Crippen LogP contribution in [0.4, 0.5) is 4.39 Å². The smallest absolute Gasteiger partial charge is 0.303 e. The van der Waals surface area contributed by atoms with Gasteiger partial charge in [-0.05, 0) is 31.2 Å². The molecule has 0 aliphatic rings. The van der Waals surface area contributed by atoms with E-state index in [1.165, 1.54) is 12.1 Å². The van der Waals surface area contributed by atoms with E-state index in [0.29, 0.717) is 18.8 Å². The second kappa shape index (κ2) is 7.09. The zero-order chi connectivity index (χ0) is 14.4. The highest BCUT2D eigenvalue weighted by Crippen LogP contribution is 2.21. The highest BCUT2D eigenvalue weighted by Gasteiger charge is 2.13. The lowest BCUT2D eigenvalue weighted by Crippen LogP contribution is -2.25. The van der Waals surface area contributed by atoms with E-state index in [1.807, 2.05) is 18.9 Å². The Hall–Kier alpha value is -1.62. The molecule has 0 aliphatic heterocycles. The summed E-state index contributed by atoms with van der Waals surface area (Å²) < 4.78 is 18.4. The van der Waals surface area contributed by atoms with Gasteiger partial charge in [0.2, 0.25) is 0 Å². The first-order valence-electron chi connectivity index (χ1n) is 6.15. The molecule has 1 atom stereocenters. The molecule has 0 heterocycles. The second-order valence-corrected chi connectivity index (χ2v) is 4.86. The number of ether oxygens (including phenoxy) is 1. The number of methoxy groups -OCH3 is 1. The molecule has 0 amide bonds. The third kappa shape index (κ3) is 5.26. The number of nitrogens with zero attached hydrogens (tertiary/aromatic N) is 1. The highest BCUT2D eigenvalue weighted by molar-refractivity contribution is 5.66. The summed E-state index contributed by atoms with van der Waals surface area (Å²) in [5.74, 6) is -0.423. The Morgan fingerprint density at radius 2 is 2.21 bits per heavy atom.